The van der Waals surface area contributed by atoms with E-state index in [-0.39, 0.29) is 10.9 Å². The molecule has 25 heavy (non-hydrogen) atoms. The van der Waals surface area contributed by atoms with Crippen LogP contribution in [-0.2, 0) is 16.4 Å². The summed E-state index contributed by atoms with van der Waals surface area (Å²) in [4.78, 5) is 0.250. The Bertz CT molecular complexity index is 804. The zero-order valence-corrected chi connectivity index (χ0v) is 15.2. The van der Waals surface area contributed by atoms with Crippen molar-refractivity contribution in [3.8, 4) is 5.75 Å². The van der Waals surface area contributed by atoms with Gasteiger partial charge in [0.25, 0.3) is 0 Å². The highest BCUT2D eigenvalue weighted by Gasteiger charge is 2.22. The largest absolute Gasteiger partial charge is 0.494 e. The Hall–Kier alpha value is -1.89. The van der Waals surface area contributed by atoms with Gasteiger partial charge in [-0.2, -0.15) is 0 Å². The van der Waals surface area contributed by atoms with Crippen LogP contribution in [0.25, 0.3) is 0 Å². The molecular formula is C19H24N2O3S. The molecule has 2 aromatic carbocycles. The first-order chi connectivity index (χ1) is 12.1. The van der Waals surface area contributed by atoms with E-state index in [2.05, 4.69) is 22.2 Å². The first-order valence-corrected chi connectivity index (χ1v) is 10.1. The first-order valence-electron chi connectivity index (χ1n) is 8.64. The standard InChI is InChI=1S/C19H24N2O3S/c1-2-13-24-16-7-9-17(10-8-16)25(22,23)21-14-19-18-6-4-3-5-15(18)11-12-20-19/h3-10,19-21H,2,11-14H2,1H3. The van der Waals surface area contributed by atoms with Crippen molar-refractivity contribution in [1.29, 1.82) is 0 Å². The van der Waals surface area contributed by atoms with Gasteiger partial charge < -0.3 is 10.1 Å². The summed E-state index contributed by atoms with van der Waals surface area (Å²) in [7, 11) is -3.55. The van der Waals surface area contributed by atoms with Gasteiger partial charge in [-0.15, -0.1) is 0 Å². The molecule has 0 bridgehead atoms. The number of benzene rings is 2. The maximum atomic E-state index is 12.5. The minimum absolute atomic E-state index is 0.00751. The lowest BCUT2D eigenvalue weighted by Gasteiger charge is -2.27. The average molecular weight is 360 g/mol. The van der Waals surface area contributed by atoms with Gasteiger partial charge in [0.15, 0.2) is 0 Å². The van der Waals surface area contributed by atoms with Crippen LogP contribution in [0.5, 0.6) is 5.75 Å². The molecule has 0 amide bonds. The van der Waals surface area contributed by atoms with Crippen LogP contribution in [0.3, 0.4) is 0 Å². The zero-order chi connectivity index (χ0) is 17.7. The molecule has 0 saturated heterocycles. The minimum Gasteiger partial charge on any atom is -0.494 e. The number of nitrogens with one attached hydrogen (secondary N) is 2. The summed E-state index contributed by atoms with van der Waals surface area (Å²) in [5.41, 5.74) is 2.45. The van der Waals surface area contributed by atoms with Gasteiger partial charge in [0, 0.05) is 12.6 Å². The van der Waals surface area contributed by atoms with Crippen LogP contribution in [0.4, 0.5) is 0 Å². The van der Waals surface area contributed by atoms with Gasteiger partial charge >= 0.3 is 0 Å². The van der Waals surface area contributed by atoms with E-state index in [1.54, 1.807) is 24.3 Å². The number of hydrogen-bond acceptors (Lipinski definition) is 4. The summed E-state index contributed by atoms with van der Waals surface area (Å²) in [6, 6.07) is 14.7. The monoisotopic (exact) mass is 360 g/mol. The van der Waals surface area contributed by atoms with Crippen LogP contribution in [0.1, 0.15) is 30.5 Å². The van der Waals surface area contributed by atoms with Crippen LogP contribution in [0.2, 0.25) is 0 Å². The zero-order valence-electron chi connectivity index (χ0n) is 14.4. The van der Waals surface area contributed by atoms with Crippen molar-refractivity contribution in [1.82, 2.24) is 10.0 Å². The van der Waals surface area contributed by atoms with Crippen molar-refractivity contribution in [3.05, 3.63) is 59.7 Å². The molecule has 0 aromatic heterocycles. The second kappa shape index (κ2) is 7.99. The van der Waals surface area contributed by atoms with Gasteiger partial charge in [-0.1, -0.05) is 31.2 Å². The molecule has 0 aliphatic carbocycles. The van der Waals surface area contributed by atoms with E-state index >= 15 is 0 Å². The molecule has 5 nitrogen and oxygen atoms in total. The van der Waals surface area contributed by atoms with Gasteiger partial charge in [-0.05, 0) is 54.8 Å². The molecule has 0 fully saturated rings. The summed E-state index contributed by atoms with van der Waals surface area (Å²) in [6.45, 7) is 3.83. The van der Waals surface area contributed by atoms with Crippen molar-refractivity contribution in [2.24, 2.45) is 0 Å². The first kappa shape index (κ1) is 17.9. The molecule has 0 radical (unpaired) electrons. The molecule has 6 heteroatoms. The van der Waals surface area contributed by atoms with E-state index in [0.717, 1.165) is 19.4 Å². The van der Waals surface area contributed by atoms with E-state index in [0.29, 0.717) is 18.9 Å². The second-order valence-corrected chi connectivity index (χ2v) is 7.89. The van der Waals surface area contributed by atoms with Gasteiger partial charge in [-0.25, -0.2) is 13.1 Å². The molecule has 1 aliphatic heterocycles. The highest BCUT2D eigenvalue weighted by atomic mass is 32.2. The van der Waals surface area contributed by atoms with Gasteiger partial charge in [0.2, 0.25) is 10.0 Å². The predicted octanol–water partition coefficient (Wildman–Crippen LogP) is 2.64. The Morgan fingerprint density at radius 1 is 1.16 bits per heavy atom. The number of rotatable bonds is 7. The lowest BCUT2D eigenvalue weighted by Crippen LogP contribution is -2.38. The van der Waals surface area contributed by atoms with Crippen LogP contribution in [0, 0.1) is 0 Å². The van der Waals surface area contributed by atoms with E-state index in [1.807, 2.05) is 19.1 Å². The van der Waals surface area contributed by atoms with Crippen molar-refractivity contribution >= 4 is 10.0 Å². The lowest BCUT2D eigenvalue weighted by atomic mass is 9.95. The van der Waals surface area contributed by atoms with Gasteiger partial charge in [0.05, 0.1) is 11.5 Å². The van der Waals surface area contributed by atoms with Crippen LogP contribution in [0.15, 0.2) is 53.4 Å². The summed E-state index contributed by atoms with van der Waals surface area (Å²) in [5.74, 6) is 0.684. The summed E-state index contributed by atoms with van der Waals surface area (Å²) in [5, 5.41) is 3.38. The Kier molecular flexibility index (Phi) is 5.73. The number of fused-ring (bicyclic) bond motifs is 1. The predicted molar refractivity (Wildman–Crippen MR) is 98.3 cm³/mol. The van der Waals surface area contributed by atoms with Gasteiger partial charge in [-0.3, -0.25) is 0 Å². The third kappa shape index (κ3) is 4.39. The molecule has 1 heterocycles. The highest BCUT2D eigenvalue weighted by Crippen LogP contribution is 2.23. The molecule has 3 rings (SSSR count). The van der Waals surface area contributed by atoms with Crippen LogP contribution >= 0.6 is 0 Å². The average Bonchev–Trinajstić information content (AvgIpc) is 2.65. The third-order valence-corrected chi connectivity index (χ3v) is 5.74. The Balaban J connectivity index is 1.66. The van der Waals surface area contributed by atoms with Gasteiger partial charge in [0.1, 0.15) is 5.75 Å². The van der Waals surface area contributed by atoms with E-state index in [9.17, 15) is 8.42 Å². The fraction of sp³-hybridized carbons (Fsp3) is 0.368. The Morgan fingerprint density at radius 2 is 1.92 bits per heavy atom. The molecule has 0 saturated carbocycles. The minimum atomic E-state index is -3.55. The number of hydrogen-bond donors (Lipinski definition) is 2. The maximum absolute atomic E-state index is 12.5. The summed E-state index contributed by atoms with van der Waals surface area (Å²) < 4.78 is 33.3. The maximum Gasteiger partial charge on any atom is 0.240 e. The Labute approximate surface area is 149 Å². The smallest absolute Gasteiger partial charge is 0.240 e. The Morgan fingerprint density at radius 3 is 2.68 bits per heavy atom. The lowest BCUT2D eigenvalue weighted by molar-refractivity contribution is 0.317. The number of sulfonamides is 1. The van der Waals surface area contributed by atoms with E-state index < -0.39 is 10.0 Å². The third-order valence-electron chi connectivity index (χ3n) is 4.30. The van der Waals surface area contributed by atoms with Crippen molar-refractivity contribution < 1.29 is 13.2 Å². The second-order valence-electron chi connectivity index (χ2n) is 6.13. The molecule has 2 aromatic rings. The normalized spacial score (nSPS) is 17.1. The number of ether oxygens (including phenoxy) is 1. The van der Waals surface area contributed by atoms with Crippen molar-refractivity contribution in [3.63, 3.8) is 0 Å². The van der Waals surface area contributed by atoms with Crippen LogP contribution in [-0.4, -0.2) is 28.1 Å². The highest BCUT2D eigenvalue weighted by molar-refractivity contribution is 7.89. The molecule has 2 N–H and O–H groups in total. The SMILES string of the molecule is CCCOc1ccc(S(=O)(=O)NCC2NCCc3ccccc32)cc1. The quantitative estimate of drug-likeness (QED) is 0.797. The molecule has 134 valence electrons. The fourth-order valence-corrected chi connectivity index (χ4v) is 4.03. The van der Waals surface area contributed by atoms with Crippen LogP contribution < -0.4 is 14.8 Å². The summed E-state index contributed by atoms with van der Waals surface area (Å²) in [6.07, 6.45) is 1.89. The molecule has 0 spiro atoms. The fourth-order valence-electron chi connectivity index (χ4n) is 2.99. The molecular weight excluding hydrogens is 336 g/mol. The summed E-state index contributed by atoms with van der Waals surface area (Å²) >= 11 is 0. The molecule has 1 aliphatic rings. The topological polar surface area (TPSA) is 67.4 Å². The van der Waals surface area contributed by atoms with Crippen molar-refractivity contribution in [2.45, 2.75) is 30.7 Å². The molecule has 1 unspecified atom stereocenters. The molecule has 1 atom stereocenters. The van der Waals surface area contributed by atoms with Crippen molar-refractivity contribution in [2.75, 3.05) is 19.7 Å². The van der Waals surface area contributed by atoms with E-state index in [4.69, 9.17) is 4.74 Å². The van der Waals surface area contributed by atoms with E-state index in [1.165, 1.54) is 11.1 Å².